The minimum Gasteiger partial charge on any atom is -0.409 e. The molecule has 0 bridgehead atoms. The van der Waals surface area contributed by atoms with Crippen molar-refractivity contribution in [1.29, 1.82) is 0 Å². The predicted octanol–water partition coefficient (Wildman–Crippen LogP) is 0.665. The highest BCUT2D eigenvalue weighted by molar-refractivity contribution is 5.95. The summed E-state index contributed by atoms with van der Waals surface area (Å²) in [5.74, 6) is 0.762. The number of methoxy groups -OCH3 is 2. The van der Waals surface area contributed by atoms with Crippen molar-refractivity contribution in [2.75, 3.05) is 45.4 Å². The summed E-state index contributed by atoms with van der Waals surface area (Å²) in [4.78, 5) is 6.47. The topological polar surface area (TPSA) is 93.2 Å². The Balaban J connectivity index is 2.82. The Bertz CT molecular complexity index is 426. The first-order valence-electron chi connectivity index (χ1n) is 6.40. The number of aromatic nitrogens is 1. The second kappa shape index (κ2) is 9.11. The van der Waals surface area contributed by atoms with Crippen LogP contribution in [-0.4, -0.2) is 56.5 Å². The zero-order chi connectivity index (χ0) is 14.8. The lowest BCUT2D eigenvalue weighted by atomic mass is 10.3. The first-order chi connectivity index (χ1) is 9.72. The van der Waals surface area contributed by atoms with Gasteiger partial charge >= 0.3 is 0 Å². The maximum atomic E-state index is 8.71. The van der Waals surface area contributed by atoms with Gasteiger partial charge in [-0.15, -0.1) is 0 Å². The molecule has 1 aromatic heterocycles. The van der Waals surface area contributed by atoms with Gasteiger partial charge in [0.25, 0.3) is 0 Å². The molecular formula is C13H22N4O3. The first kappa shape index (κ1) is 16.2. The number of ether oxygens (including phenoxy) is 2. The van der Waals surface area contributed by atoms with Crippen molar-refractivity contribution >= 4 is 11.7 Å². The quantitative estimate of drug-likeness (QED) is 0.227. The minimum absolute atomic E-state index is 0.00423. The number of rotatable bonds is 9. The van der Waals surface area contributed by atoms with Gasteiger partial charge in [0.05, 0.1) is 6.61 Å². The van der Waals surface area contributed by atoms with Gasteiger partial charge in [-0.25, -0.2) is 4.98 Å². The van der Waals surface area contributed by atoms with Crippen LogP contribution < -0.4 is 10.6 Å². The molecule has 1 heterocycles. The summed E-state index contributed by atoms with van der Waals surface area (Å²) in [5.41, 5.74) is 6.00. The van der Waals surface area contributed by atoms with Gasteiger partial charge in [0, 0.05) is 33.9 Å². The summed E-state index contributed by atoms with van der Waals surface area (Å²) in [6.07, 6.45) is 0.885. The second-order valence-corrected chi connectivity index (χ2v) is 4.19. The molecule has 0 aromatic carbocycles. The molecular weight excluding hydrogens is 260 g/mol. The monoisotopic (exact) mass is 282 g/mol. The number of nitrogens with zero attached hydrogens (tertiary/aromatic N) is 3. The number of hydrogen-bond acceptors (Lipinski definition) is 6. The van der Waals surface area contributed by atoms with Crippen LogP contribution in [0.4, 0.5) is 5.82 Å². The van der Waals surface area contributed by atoms with Crippen LogP contribution in [0.1, 0.15) is 12.1 Å². The molecule has 0 saturated heterocycles. The minimum atomic E-state index is -0.00423. The molecule has 7 nitrogen and oxygen atoms in total. The summed E-state index contributed by atoms with van der Waals surface area (Å²) in [6.45, 7) is 2.79. The molecule has 0 spiro atoms. The Labute approximate surface area is 119 Å². The van der Waals surface area contributed by atoms with Crippen LogP contribution in [0.15, 0.2) is 23.4 Å². The molecule has 7 heteroatoms. The molecule has 1 aromatic rings. The maximum Gasteiger partial charge on any atom is 0.188 e. The molecule has 1 rings (SSSR count). The first-order valence-corrected chi connectivity index (χ1v) is 6.40. The number of amidine groups is 1. The molecule has 0 aliphatic carbocycles. The van der Waals surface area contributed by atoms with Gasteiger partial charge in [-0.1, -0.05) is 11.2 Å². The van der Waals surface area contributed by atoms with Crippen molar-refractivity contribution in [1.82, 2.24) is 4.98 Å². The molecule has 0 aliphatic rings. The van der Waals surface area contributed by atoms with Crippen LogP contribution in [0.5, 0.6) is 0 Å². The fourth-order valence-corrected chi connectivity index (χ4v) is 1.74. The molecule has 0 amide bonds. The van der Waals surface area contributed by atoms with Crippen molar-refractivity contribution < 1.29 is 14.7 Å². The molecule has 0 aliphatic heterocycles. The number of anilines is 1. The van der Waals surface area contributed by atoms with Crippen molar-refractivity contribution in [3.8, 4) is 0 Å². The highest BCUT2D eigenvalue weighted by atomic mass is 16.5. The summed E-state index contributed by atoms with van der Waals surface area (Å²) in [6, 6.07) is 5.41. The van der Waals surface area contributed by atoms with E-state index in [1.165, 1.54) is 0 Å². The zero-order valence-corrected chi connectivity index (χ0v) is 12.0. The molecule has 20 heavy (non-hydrogen) atoms. The van der Waals surface area contributed by atoms with E-state index in [1.54, 1.807) is 20.3 Å². The van der Waals surface area contributed by atoms with Gasteiger partial charge in [0.2, 0.25) is 0 Å². The second-order valence-electron chi connectivity index (χ2n) is 4.19. The van der Waals surface area contributed by atoms with Gasteiger partial charge in [0.15, 0.2) is 5.84 Å². The number of oxime groups is 1. The SMILES string of the molecule is COCCCN(CCOC)c1cccc(C(N)=NO)n1. The number of hydrogen-bond donors (Lipinski definition) is 2. The van der Waals surface area contributed by atoms with E-state index in [1.807, 2.05) is 12.1 Å². The smallest absolute Gasteiger partial charge is 0.188 e. The van der Waals surface area contributed by atoms with Crippen LogP contribution in [0.25, 0.3) is 0 Å². The van der Waals surface area contributed by atoms with E-state index in [0.29, 0.717) is 25.5 Å². The van der Waals surface area contributed by atoms with Crippen molar-refractivity contribution in [2.24, 2.45) is 10.9 Å². The Hall–Kier alpha value is -1.86. The number of nitrogens with two attached hydrogens (primary N) is 1. The van der Waals surface area contributed by atoms with E-state index in [4.69, 9.17) is 20.4 Å². The lowest BCUT2D eigenvalue weighted by molar-refractivity contribution is 0.191. The molecule has 3 N–H and O–H groups in total. The summed E-state index contributed by atoms with van der Waals surface area (Å²) < 4.78 is 10.2. The van der Waals surface area contributed by atoms with E-state index >= 15 is 0 Å². The van der Waals surface area contributed by atoms with E-state index in [9.17, 15) is 0 Å². The molecule has 0 fully saturated rings. The predicted molar refractivity (Wildman–Crippen MR) is 77.3 cm³/mol. The van der Waals surface area contributed by atoms with Crippen LogP contribution >= 0.6 is 0 Å². The van der Waals surface area contributed by atoms with Crippen molar-refractivity contribution in [3.05, 3.63) is 23.9 Å². The van der Waals surface area contributed by atoms with E-state index < -0.39 is 0 Å². The van der Waals surface area contributed by atoms with E-state index in [2.05, 4.69) is 15.0 Å². The van der Waals surface area contributed by atoms with Crippen molar-refractivity contribution in [2.45, 2.75) is 6.42 Å². The summed E-state index contributed by atoms with van der Waals surface area (Å²) >= 11 is 0. The molecule has 0 saturated carbocycles. The standard InChI is InChI=1S/C13H22N4O3/c1-19-9-4-7-17(8-10-20-2)12-6-3-5-11(15-12)13(14)16-18/h3,5-6,18H,4,7-10H2,1-2H3,(H2,14,16). The molecule has 0 radical (unpaired) electrons. The fraction of sp³-hybridized carbons (Fsp3) is 0.538. The van der Waals surface area contributed by atoms with Gasteiger partial charge in [-0.3, -0.25) is 0 Å². The molecule has 0 unspecified atom stereocenters. The lowest BCUT2D eigenvalue weighted by Gasteiger charge is -2.23. The third-order valence-corrected chi connectivity index (χ3v) is 2.77. The maximum absolute atomic E-state index is 8.71. The van der Waals surface area contributed by atoms with Gasteiger partial charge in [-0.05, 0) is 18.6 Å². The Morgan fingerprint density at radius 3 is 2.70 bits per heavy atom. The van der Waals surface area contributed by atoms with Crippen LogP contribution in [0, 0.1) is 0 Å². The summed E-state index contributed by atoms with van der Waals surface area (Å²) in [5, 5.41) is 11.7. The van der Waals surface area contributed by atoms with Gasteiger partial charge < -0.3 is 25.3 Å². The lowest BCUT2D eigenvalue weighted by Crippen LogP contribution is -2.30. The average Bonchev–Trinajstić information content (AvgIpc) is 2.50. The largest absolute Gasteiger partial charge is 0.409 e. The van der Waals surface area contributed by atoms with Crippen LogP contribution in [0.2, 0.25) is 0 Å². The fourth-order valence-electron chi connectivity index (χ4n) is 1.74. The average molecular weight is 282 g/mol. The molecule has 0 atom stereocenters. The number of pyridine rings is 1. The zero-order valence-electron chi connectivity index (χ0n) is 12.0. The van der Waals surface area contributed by atoms with Crippen LogP contribution in [-0.2, 0) is 9.47 Å². The Kier molecular flexibility index (Phi) is 7.38. The Morgan fingerprint density at radius 2 is 2.05 bits per heavy atom. The van der Waals surface area contributed by atoms with Gasteiger partial charge in [0.1, 0.15) is 11.5 Å². The van der Waals surface area contributed by atoms with Crippen LogP contribution in [0.3, 0.4) is 0 Å². The third kappa shape index (κ3) is 5.02. The highest BCUT2D eigenvalue weighted by Gasteiger charge is 2.10. The Morgan fingerprint density at radius 1 is 1.30 bits per heavy atom. The van der Waals surface area contributed by atoms with E-state index in [0.717, 1.165) is 18.8 Å². The van der Waals surface area contributed by atoms with E-state index in [-0.39, 0.29) is 5.84 Å². The van der Waals surface area contributed by atoms with Crippen molar-refractivity contribution in [3.63, 3.8) is 0 Å². The summed E-state index contributed by atoms with van der Waals surface area (Å²) in [7, 11) is 3.34. The third-order valence-electron chi connectivity index (χ3n) is 2.77. The highest BCUT2D eigenvalue weighted by Crippen LogP contribution is 2.12. The normalized spacial score (nSPS) is 11.6. The molecule has 112 valence electrons. The van der Waals surface area contributed by atoms with Gasteiger partial charge in [-0.2, -0.15) is 0 Å².